The lowest BCUT2D eigenvalue weighted by Gasteiger charge is -2.24. The number of para-hydroxylation sites is 1. The molecule has 1 N–H and O–H groups in total. The molecule has 1 saturated carbocycles. The average molecular weight is 491 g/mol. The molecule has 0 bridgehead atoms. The van der Waals surface area contributed by atoms with E-state index >= 15 is 0 Å². The van der Waals surface area contributed by atoms with Gasteiger partial charge in [-0.3, -0.25) is 4.40 Å². The van der Waals surface area contributed by atoms with E-state index in [1.54, 1.807) is 6.07 Å². The Morgan fingerprint density at radius 1 is 0.971 bits per heavy atom. The van der Waals surface area contributed by atoms with E-state index in [4.69, 9.17) is 38.3 Å². The van der Waals surface area contributed by atoms with Gasteiger partial charge in [-0.1, -0.05) is 60.7 Å². The number of aryl methyl sites for hydroxylation is 1. The summed E-state index contributed by atoms with van der Waals surface area (Å²) in [6, 6.07) is 15.9. The van der Waals surface area contributed by atoms with Crippen LogP contribution in [0.25, 0.3) is 33.6 Å². The smallest absolute Gasteiger partial charge is 0.168 e. The highest BCUT2D eigenvalue weighted by Gasteiger charge is 2.24. The molecule has 0 spiro atoms. The first-order valence-corrected chi connectivity index (χ1v) is 12.4. The van der Waals surface area contributed by atoms with Gasteiger partial charge in [-0.05, 0) is 50.1 Å². The molecule has 0 aliphatic heterocycles. The molecule has 1 aliphatic rings. The number of hydrogen-bond donors (Lipinski definition) is 1. The Morgan fingerprint density at radius 2 is 1.76 bits per heavy atom. The van der Waals surface area contributed by atoms with E-state index in [0.717, 1.165) is 58.0 Å². The Bertz CT molecular complexity index is 1500. The third kappa shape index (κ3) is 3.62. The molecule has 3 aromatic heterocycles. The third-order valence-corrected chi connectivity index (χ3v) is 7.16. The predicted octanol–water partition coefficient (Wildman–Crippen LogP) is 7.10. The summed E-state index contributed by atoms with van der Waals surface area (Å²) >= 11 is 13.0. The van der Waals surface area contributed by atoms with Gasteiger partial charge < -0.3 is 5.32 Å². The van der Waals surface area contributed by atoms with Crippen molar-refractivity contribution in [3.63, 3.8) is 0 Å². The van der Waals surface area contributed by atoms with E-state index in [9.17, 15) is 0 Å². The molecule has 1 aliphatic carbocycles. The lowest BCUT2D eigenvalue weighted by Crippen LogP contribution is -2.23. The molecule has 0 unspecified atom stereocenters. The van der Waals surface area contributed by atoms with E-state index in [2.05, 4.69) is 5.32 Å². The summed E-state index contributed by atoms with van der Waals surface area (Å²) < 4.78 is 3.91. The number of hydrogen-bond acceptors (Lipinski definition) is 4. The van der Waals surface area contributed by atoms with E-state index in [0.29, 0.717) is 16.1 Å². The molecular formula is C26H24Cl2N6. The number of benzene rings is 2. The van der Waals surface area contributed by atoms with Crippen molar-refractivity contribution in [1.82, 2.24) is 24.1 Å². The maximum absolute atomic E-state index is 6.64. The summed E-state index contributed by atoms with van der Waals surface area (Å²) in [6.45, 7) is 2.00. The second kappa shape index (κ2) is 8.60. The van der Waals surface area contributed by atoms with Crippen molar-refractivity contribution in [2.24, 2.45) is 0 Å². The molecule has 0 amide bonds. The van der Waals surface area contributed by atoms with Crippen LogP contribution >= 0.6 is 23.2 Å². The number of nitrogens with zero attached hydrogens (tertiary/aromatic N) is 5. The SMILES string of the molecule is Cc1nn(-c2ccccc2)c2ncn3c(NC4CCCCC4)c(-c4cc(Cl)ccc4Cl)nc3c12. The van der Waals surface area contributed by atoms with E-state index in [1.165, 1.54) is 19.3 Å². The molecule has 6 rings (SSSR count). The zero-order valence-electron chi connectivity index (χ0n) is 18.8. The average Bonchev–Trinajstić information content (AvgIpc) is 3.39. The van der Waals surface area contributed by atoms with Crippen molar-refractivity contribution in [1.29, 1.82) is 0 Å². The van der Waals surface area contributed by atoms with Gasteiger partial charge in [0.25, 0.3) is 0 Å². The molecule has 5 aromatic rings. The number of anilines is 1. The first kappa shape index (κ1) is 21.4. The summed E-state index contributed by atoms with van der Waals surface area (Å²) in [5.41, 5.74) is 4.98. The molecule has 2 aromatic carbocycles. The van der Waals surface area contributed by atoms with Crippen LogP contribution in [0.4, 0.5) is 5.82 Å². The molecule has 0 saturated heterocycles. The van der Waals surface area contributed by atoms with Crippen LogP contribution in [-0.2, 0) is 0 Å². The van der Waals surface area contributed by atoms with Crippen molar-refractivity contribution < 1.29 is 0 Å². The topological polar surface area (TPSA) is 60.0 Å². The number of rotatable bonds is 4. The van der Waals surface area contributed by atoms with Gasteiger partial charge in [0.05, 0.1) is 21.8 Å². The first-order valence-electron chi connectivity index (χ1n) is 11.6. The zero-order valence-corrected chi connectivity index (χ0v) is 20.3. The maximum Gasteiger partial charge on any atom is 0.168 e. The molecule has 8 heteroatoms. The largest absolute Gasteiger partial charge is 0.367 e. The summed E-state index contributed by atoms with van der Waals surface area (Å²) in [7, 11) is 0. The Balaban J connectivity index is 1.60. The van der Waals surface area contributed by atoms with Gasteiger partial charge in [-0.15, -0.1) is 0 Å². The van der Waals surface area contributed by atoms with Gasteiger partial charge in [0, 0.05) is 16.6 Å². The number of halogens is 2. The Labute approximate surface area is 207 Å². The first-order chi connectivity index (χ1) is 16.6. The fraction of sp³-hybridized carbons (Fsp3) is 0.269. The third-order valence-electron chi connectivity index (χ3n) is 6.60. The Morgan fingerprint density at radius 3 is 2.56 bits per heavy atom. The quantitative estimate of drug-likeness (QED) is 0.292. The highest BCUT2D eigenvalue weighted by molar-refractivity contribution is 6.35. The fourth-order valence-corrected chi connectivity index (χ4v) is 5.30. The van der Waals surface area contributed by atoms with Crippen molar-refractivity contribution >= 4 is 45.7 Å². The van der Waals surface area contributed by atoms with E-state index in [-0.39, 0.29) is 0 Å². The van der Waals surface area contributed by atoms with Crippen LogP contribution < -0.4 is 5.32 Å². The Kier molecular flexibility index (Phi) is 5.42. The van der Waals surface area contributed by atoms with E-state index < -0.39 is 0 Å². The molecule has 172 valence electrons. The summed E-state index contributed by atoms with van der Waals surface area (Å²) in [5.74, 6) is 0.896. The minimum atomic E-state index is 0.384. The number of fused-ring (bicyclic) bond motifs is 3. The molecular weight excluding hydrogens is 467 g/mol. The van der Waals surface area contributed by atoms with Gasteiger partial charge in [0.1, 0.15) is 17.8 Å². The highest BCUT2D eigenvalue weighted by atomic mass is 35.5. The van der Waals surface area contributed by atoms with Crippen molar-refractivity contribution in [3.8, 4) is 16.9 Å². The second-order valence-corrected chi connectivity index (χ2v) is 9.73. The monoisotopic (exact) mass is 490 g/mol. The van der Waals surface area contributed by atoms with Crippen LogP contribution in [0.3, 0.4) is 0 Å². The molecule has 6 nitrogen and oxygen atoms in total. The van der Waals surface area contributed by atoms with Crippen molar-refractivity contribution in [2.45, 2.75) is 45.1 Å². The standard InChI is InChI=1S/C26H24Cl2N6/c1-16-22-24(34(32-16)19-10-6-3-7-11-19)29-15-33-25(22)31-23(20-14-17(27)12-13-21(20)28)26(33)30-18-8-4-2-5-9-18/h3,6-7,10-15,18,30H,2,4-5,8-9H2,1H3. The minimum Gasteiger partial charge on any atom is -0.367 e. The number of imidazole rings is 1. The van der Waals surface area contributed by atoms with Crippen LogP contribution in [-0.4, -0.2) is 30.2 Å². The summed E-state index contributed by atoms with van der Waals surface area (Å²) in [6.07, 6.45) is 7.85. The molecule has 0 atom stereocenters. The predicted molar refractivity (Wildman–Crippen MR) is 138 cm³/mol. The van der Waals surface area contributed by atoms with E-state index in [1.807, 2.05) is 64.8 Å². The highest BCUT2D eigenvalue weighted by Crippen LogP contribution is 2.38. The van der Waals surface area contributed by atoms with Crippen molar-refractivity contribution in [2.75, 3.05) is 5.32 Å². The lowest BCUT2D eigenvalue weighted by atomic mass is 9.95. The van der Waals surface area contributed by atoms with Crippen LogP contribution in [0.2, 0.25) is 10.0 Å². The minimum absolute atomic E-state index is 0.384. The second-order valence-electron chi connectivity index (χ2n) is 8.88. The van der Waals surface area contributed by atoms with Crippen molar-refractivity contribution in [3.05, 3.63) is 70.6 Å². The van der Waals surface area contributed by atoms with Crippen LogP contribution in [0.15, 0.2) is 54.9 Å². The van der Waals surface area contributed by atoms with Gasteiger partial charge in [-0.25, -0.2) is 14.6 Å². The van der Waals surface area contributed by atoms with Gasteiger partial charge >= 0.3 is 0 Å². The fourth-order valence-electron chi connectivity index (χ4n) is 4.92. The normalized spacial score (nSPS) is 14.8. The summed E-state index contributed by atoms with van der Waals surface area (Å²) in [4.78, 5) is 9.94. The number of nitrogens with one attached hydrogen (secondary N) is 1. The molecule has 34 heavy (non-hydrogen) atoms. The molecule has 3 heterocycles. The molecule has 0 radical (unpaired) electrons. The van der Waals surface area contributed by atoms with Crippen LogP contribution in [0.1, 0.15) is 37.8 Å². The lowest BCUT2D eigenvalue weighted by molar-refractivity contribution is 0.461. The van der Waals surface area contributed by atoms with Gasteiger partial charge in [-0.2, -0.15) is 5.10 Å². The maximum atomic E-state index is 6.64. The summed E-state index contributed by atoms with van der Waals surface area (Å²) in [5, 5.41) is 10.7. The Hall–Kier alpha value is -3.09. The van der Waals surface area contributed by atoms with Gasteiger partial charge in [0.15, 0.2) is 11.3 Å². The number of aromatic nitrogens is 5. The zero-order chi connectivity index (χ0) is 23.2. The van der Waals surface area contributed by atoms with Gasteiger partial charge in [0.2, 0.25) is 0 Å². The van der Waals surface area contributed by atoms with Crippen LogP contribution in [0, 0.1) is 6.92 Å². The molecule has 1 fully saturated rings. The van der Waals surface area contributed by atoms with Crippen LogP contribution in [0.5, 0.6) is 0 Å².